The Bertz CT molecular complexity index is 948. The van der Waals surface area contributed by atoms with E-state index in [2.05, 4.69) is 20.5 Å². The van der Waals surface area contributed by atoms with Gasteiger partial charge in [0.1, 0.15) is 5.54 Å². The van der Waals surface area contributed by atoms with Crippen LogP contribution in [0.5, 0.6) is 0 Å². The summed E-state index contributed by atoms with van der Waals surface area (Å²) < 4.78 is 0. The lowest BCUT2D eigenvalue weighted by atomic mass is 9.85. The number of benzene rings is 1. The van der Waals surface area contributed by atoms with Crippen molar-refractivity contribution in [3.05, 3.63) is 58.3 Å². The number of imide groups is 1. The van der Waals surface area contributed by atoms with E-state index >= 15 is 0 Å². The van der Waals surface area contributed by atoms with Gasteiger partial charge in [-0.05, 0) is 43.3 Å². The van der Waals surface area contributed by atoms with Gasteiger partial charge in [0.25, 0.3) is 5.91 Å². The Hall–Kier alpha value is -2.68. The van der Waals surface area contributed by atoms with Gasteiger partial charge in [-0.2, -0.15) is 0 Å². The van der Waals surface area contributed by atoms with Crippen LogP contribution in [0.15, 0.2) is 42.7 Å². The monoisotopic (exact) mass is 507 g/mol. The molecule has 0 bridgehead atoms. The van der Waals surface area contributed by atoms with Crippen molar-refractivity contribution in [1.29, 1.82) is 0 Å². The minimum absolute atomic E-state index is 0.0591. The summed E-state index contributed by atoms with van der Waals surface area (Å²) in [6.45, 7) is 6.38. The number of aromatic nitrogens is 1. The largest absolute Gasteiger partial charge is 0.368 e. The predicted molar refractivity (Wildman–Crippen MR) is 135 cm³/mol. The Kier molecular flexibility index (Phi) is 10.8. The first-order chi connectivity index (χ1) is 16.4. The predicted octanol–water partition coefficient (Wildman–Crippen LogP) is 3.23. The van der Waals surface area contributed by atoms with Crippen molar-refractivity contribution in [2.75, 3.05) is 38.1 Å². The molecule has 1 aromatic heterocycles. The van der Waals surface area contributed by atoms with Gasteiger partial charge in [-0.25, -0.2) is 0 Å². The summed E-state index contributed by atoms with van der Waals surface area (Å²) in [6, 6.07) is 8.84. The van der Waals surface area contributed by atoms with Crippen LogP contribution < -0.4 is 15.5 Å². The molecular weight excluding hydrogens is 477 g/mol. The highest BCUT2D eigenvalue weighted by Crippen LogP contribution is 2.28. The third kappa shape index (κ3) is 6.68. The lowest BCUT2D eigenvalue weighted by molar-refractivity contribution is -0.133. The third-order valence-electron chi connectivity index (χ3n) is 5.72. The Morgan fingerprint density at radius 3 is 2.29 bits per heavy atom. The normalized spacial score (nSPS) is 15.0. The summed E-state index contributed by atoms with van der Waals surface area (Å²) >= 11 is 12.2. The molecule has 2 N–H and O–H groups in total. The topological polar surface area (TPSA) is 94.6 Å². The number of piperazine rings is 1. The van der Waals surface area contributed by atoms with Gasteiger partial charge in [-0.3, -0.25) is 24.7 Å². The number of rotatable bonds is 8. The van der Waals surface area contributed by atoms with Crippen LogP contribution in [-0.4, -0.2) is 61.3 Å². The Morgan fingerprint density at radius 2 is 1.76 bits per heavy atom. The maximum atomic E-state index is 12.9. The molecule has 1 atom stereocenters. The number of halogens is 2. The van der Waals surface area contributed by atoms with E-state index in [1.165, 1.54) is 0 Å². The van der Waals surface area contributed by atoms with E-state index in [0.717, 1.165) is 5.69 Å². The molecule has 1 saturated heterocycles. The molecular formula is C24H31Cl2N5O3. The third-order valence-corrected chi connectivity index (χ3v) is 6.15. The lowest BCUT2D eigenvalue weighted by Gasteiger charge is -2.37. The zero-order chi connectivity index (χ0) is 25.1. The Balaban J connectivity index is 0.00000199. The van der Waals surface area contributed by atoms with E-state index in [1.807, 2.05) is 26.0 Å². The van der Waals surface area contributed by atoms with Crippen molar-refractivity contribution in [2.45, 2.75) is 32.2 Å². The van der Waals surface area contributed by atoms with Crippen LogP contribution in [0.2, 0.25) is 10.0 Å². The average molecular weight is 508 g/mol. The average Bonchev–Trinajstić information content (AvgIpc) is 2.86. The molecule has 3 rings (SSSR count). The van der Waals surface area contributed by atoms with Crippen LogP contribution in [0, 0.1) is 0 Å². The summed E-state index contributed by atoms with van der Waals surface area (Å²) in [5.74, 6) is -0.588. The molecule has 1 unspecified atom stereocenters. The maximum Gasteiger partial charge on any atom is 0.251 e. The maximum absolute atomic E-state index is 12.9. The number of likely N-dealkylation sites (N-methyl/N-ethyl adjacent to an activating group) is 1. The molecule has 0 saturated carbocycles. The zero-order valence-corrected chi connectivity index (χ0v) is 21.2. The Morgan fingerprint density at radius 1 is 1.12 bits per heavy atom. The molecule has 0 spiro atoms. The highest BCUT2D eigenvalue weighted by Gasteiger charge is 2.39. The summed E-state index contributed by atoms with van der Waals surface area (Å²) in [5.41, 5.74) is 0.257. The fraction of sp³-hybridized carbons (Fsp3) is 0.417. The van der Waals surface area contributed by atoms with Crippen molar-refractivity contribution in [3.8, 4) is 0 Å². The number of hydrogen-bond donors (Lipinski definition) is 2. The summed E-state index contributed by atoms with van der Waals surface area (Å²) in [6.07, 6.45) is 3.80. The smallest absolute Gasteiger partial charge is 0.251 e. The number of nitrogens with zero attached hydrogens (tertiary/aromatic N) is 3. The number of amides is 3. The number of anilines is 1. The van der Waals surface area contributed by atoms with Crippen LogP contribution in [0.1, 0.15) is 32.3 Å². The number of pyridine rings is 1. The molecule has 0 aliphatic carbocycles. The standard InChI is InChI=1S/C22H25Cl2N5O3.C2H6/c1-25-22(21(32)27-15-30,16-3-2-6-26-14-16)5-4-20(31)29-9-7-28(8-10-29)19-12-17(23)11-18(24)13-19;1-2/h2-3,6,11-15,25H,4-5,7-10H2,1H3,(H,27,30,32);1-2H3. The highest BCUT2D eigenvalue weighted by molar-refractivity contribution is 6.35. The molecule has 2 heterocycles. The van der Waals surface area contributed by atoms with E-state index in [9.17, 15) is 14.4 Å². The second-order valence-electron chi connectivity index (χ2n) is 7.48. The molecule has 184 valence electrons. The van der Waals surface area contributed by atoms with E-state index in [0.29, 0.717) is 48.2 Å². The highest BCUT2D eigenvalue weighted by atomic mass is 35.5. The quantitative estimate of drug-likeness (QED) is 0.532. The van der Waals surface area contributed by atoms with Crippen molar-refractivity contribution in [1.82, 2.24) is 20.5 Å². The van der Waals surface area contributed by atoms with Gasteiger partial charge < -0.3 is 15.1 Å². The molecule has 10 heteroatoms. The van der Waals surface area contributed by atoms with Crippen molar-refractivity contribution < 1.29 is 14.4 Å². The van der Waals surface area contributed by atoms with Crippen molar-refractivity contribution >= 4 is 47.1 Å². The minimum Gasteiger partial charge on any atom is -0.368 e. The number of hydrogen-bond acceptors (Lipinski definition) is 6. The first-order valence-electron chi connectivity index (χ1n) is 11.2. The van der Waals surface area contributed by atoms with E-state index in [1.54, 1.807) is 42.5 Å². The SMILES string of the molecule is CC.CNC(CCC(=O)N1CCN(c2cc(Cl)cc(Cl)c2)CC1)(C(=O)NC=O)c1cccnc1. The van der Waals surface area contributed by atoms with Gasteiger partial charge in [-0.1, -0.05) is 43.1 Å². The zero-order valence-electron chi connectivity index (χ0n) is 19.7. The summed E-state index contributed by atoms with van der Waals surface area (Å²) in [5, 5.41) is 6.34. The van der Waals surface area contributed by atoms with Gasteiger partial charge in [-0.15, -0.1) is 0 Å². The molecule has 8 nitrogen and oxygen atoms in total. The first-order valence-corrected chi connectivity index (χ1v) is 12.0. The number of carbonyl (C=O) groups excluding carboxylic acids is 3. The number of carbonyl (C=O) groups is 3. The fourth-order valence-electron chi connectivity index (χ4n) is 3.95. The molecule has 1 aliphatic heterocycles. The van der Waals surface area contributed by atoms with Gasteiger partial charge in [0.15, 0.2) is 0 Å². The van der Waals surface area contributed by atoms with Crippen molar-refractivity contribution in [2.24, 2.45) is 0 Å². The summed E-state index contributed by atoms with van der Waals surface area (Å²) in [4.78, 5) is 44.6. The Labute approximate surface area is 210 Å². The second kappa shape index (κ2) is 13.3. The van der Waals surface area contributed by atoms with Crippen LogP contribution >= 0.6 is 23.2 Å². The molecule has 1 fully saturated rings. The van der Waals surface area contributed by atoms with Crippen LogP contribution in [0.25, 0.3) is 0 Å². The van der Waals surface area contributed by atoms with Gasteiger partial charge in [0.2, 0.25) is 12.3 Å². The molecule has 0 radical (unpaired) electrons. The molecule has 3 amide bonds. The van der Waals surface area contributed by atoms with E-state index in [-0.39, 0.29) is 18.7 Å². The van der Waals surface area contributed by atoms with E-state index in [4.69, 9.17) is 23.2 Å². The van der Waals surface area contributed by atoms with Gasteiger partial charge >= 0.3 is 0 Å². The first kappa shape index (κ1) is 27.6. The van der Waals surface area contributed by atoms with E-state index < -0.39 is 11.4 Å². The van der Waals surface area contributed by atoms with Crippen LogP contribution in [-0.2, 0) is 19.9 Å². The molecule has 34 heavy (non-hydrogen) atoms. The van der Waals surface area contributed by atoms with Crippen LogP contribution in [0.4, 0.5) is 5.69 Å². The van der Waals surface area contributed by atoms with Gasteiger partial charge in [0.05, 0.1) is 0 Å². The van der Waals surface area contributed by atoms with Gasteiger partial charge in [0, 0.05) is 60.7 Å². The van der Waals surface area contributed by atoms with Crippen molar-refractivity contribution in [3.63, 3.8) is 0 Å². The second-order valence-corrected chi connectivity index (χ2v) is 8.36. The lowest BCUT2D eigenvalue weighted by Crippen LogP contribution is -2.54. The molecule has 1 aliphatic rings. The number of nitrogens with one attached hydrogen (secondary N) is 2. The fourth-order valence-corrected chi connectivity index (χ4v) is 4.47. The summed E-state index contributed by atoms with van der Waals surface area (Å²) in [7, 11) is 1.62. The molecule has 2 aromatic rings. The minimum atomic E-state index is -1.25. The molecule has 1 aromatic carbocycles. The van der Waals surface area contributed by atoms with Crippen LogP contribution in [0.3, 0.4) is 0 Å².